The van der Waals surface area contributed by atoms with Gasteiger partial charge in [-0.25, -0.2) is 4.79 Å². The molecule has 1 amide bonds. The number of rotatable bonds is 6. The highest BCUT2D eigenvalue weighted by molar-refractivity contribution is 5.81. The number of ether oxygens (including phenoxy) is 2. The summed E-state index contributed by atoms with van der Waals surface area (Å²) in [5, 5.41) is 4.89. The summed E-state index contributed by atoms with van der Waals surface area (Å²) in [6, 6.07) is 17.4. The minimum Gasteiger partial charge on any atom is -0.475 e. The van der Waals surface area contributed by atoms with Crippen molar-refractivity contribution in [2.45, 2.75) is 25.9 Å². The maximum atomic E-state index is 12.2. The Hall–Kier alpha value is -3.02. The number of piperidine rings is 1. The molecule has 6 nitrogen and oxygen atoms in total. The molecule has 0 atom stereocenters. The summed E-state index contributed by atoms with van der Waals surface area (Å²) in [5.41, 5.74) is 1.74. The van der Waals surface area contributed by atoms with E-state index in [0.29, 0.717) is 25.0 Å². The number of hydrogen-bond donors (Lipinski definition) is 0. The molecule has 2 heterocycles. The molecule has 4 rings (SSSR count). The SMILES string of the molecule is O=C(OCc1ccccc1)N1CCC(CCOc2noc3ccccc23)CC1. The van der Waals surface area contributed by atoms with E-state index >= 15 is 0 Å². The van der Waals surface area contributed by atoms with Gasteiger partial charge in [0.1, 0.15) is 6.61 Å². The number of amides is 1. The Bertz CT molecular complexity index is 901. The van der Waals surface area contributed by atoms with Gasteiger partial charge in [0.25, 0.3) is 5.88 Å². The van der Waals surface area contributed by atoms with E-state index in [0.717, 1.165) is 48.9 Å². The van der Waals surface area contributed by atoms with Gasteiger partial charge in [-0.2, -0.15) is 0 Å². The zero-order valence-corrected chi connectivity index (χ0v) is 15.8. The predicted molar refractivity (Wildman–Crippen MR) is 105 cm³/mol. The van der Waals surface area contributed by atoms with Crippen LogP contribution in [-0.2, 0) is 11.3 Å². The maximum absolute atomic E-state index is 12.2. The molecule has 3 aromatic rings. The van der Waals surface area contributed by atoms with Crippen molar-refractivity contribution in [1.29, 1.82) is 0 Å². The van der Waals surface area contributed by atoms with Gasteiger partial charge < -0.3 is 18.9 Å². The highest BCUT2D eigenvalue weighted by atomic mass is 16.6. The Kier molecular flexibility index (Phi) is 5.75. The molecule has 0 radical (unpaired) electrons. The van der Waals surface area contributed by atoms with Crippen molar-refractivity contribution in [2.24, 2.45) is 5.92 Å². The highest BCUT2D eigenvalue weighted by Crippen LogP contribution is 2.26. The summed E-state index contributed by atoms with van der Waals surface area (Å²) >= 11 is 0. The molecule has 0 spiro atoms. The minimum atomic E-state index is -0.229. The fraction of sp³-hybridized carbons (Fsp3) is 0.364. The molecular weight excluding hydrogens is 356 g/mol. The summed E-state index contributed by atoms with van der Waals surface area (Å²) in [6.45, 7) is 2.37. The Balaban J connectivity index is 1.17. The van der Waals surface area contributed by atoms with E-state index in [-0.39, 0.29) is 6.09 Å². The topological polar surface area (TPSA) is 64.8 Å². The molecule has 0 bridgehead atoms. The molecule has 1 fully saturated rings. The predicted octanol–water partition coefficient (Wildman–Crippen LogP) is 4.65. The van der Waals surface area contributed by atoms with Gasteiger partial charge >= 0.3 is 6.09 Å². The van der Waals surface area contributed by atoms with Crippen molar-refractivity contribution in [3.8, 4) is 5.88 Å². The van der Waals surface area contributed by atoms with Crippen LogP contribution in [0.1, 0.15) is 24.8 Å². The average molecular weight is 380 g/mol. The van der Waals surface area contributed by atoms with Crippen LogP contribution in [0.5, 0.6) is 5.88 Å². The first-order chi connectivity index (χ1) is 13.8. The summed E-state index contributed by atoms with van der Waals surface area (Å²) < 4.78 is 16.5. The molecule has 0 N–H and O–H groups in total. The molecule has 0 aliphatic carbocycles. The van der Waals surface area contributed by atoms with Gasteiger partial charge in [0.15, 0.2) is 5.58 Å². The largest absolute Gasteiger partial charge is 0.475 e. The third-order valence-electron chi connectivity index (χ3n) is 5.19. The van der Waals surface area contributed by atoms with Crippen molar-refractivity contribution < 1.29 is 18.8 Å². The summed E-state index contributed by atoms with van der Waals surface area (Å²) in [6.07, 6.45) is 2.63. The standard InChI is InChI=1S/C22H24N2O4/c25-22(27-16-18-6-2-1-3-7-18)24-13-10-17(11-14-24)12-15-26-21-19-8-4-5-9-20(19)28-23-21/h1-9,17H,10-16H2. The van der Waals surface area contributed by atoms with Gasteiger partial charge in [-0.1, -0.05) is 42.5 Å². The number of hydrogen-bond acceptors (Lipinski definition) is 5. The fourth-order valence-corrected chi connectivity index (χ4v) is 3.50. The lowest BCUT2D eigenvalue weighted by molar-refractivity contribution is 0.0798. The molecule has 28 heavy (non-hydrogen) atoms. The van der Waals surface area contributed by atoms with Crippen LogP contribution < -0.4 is 4.74 Å². The Morgan fingerprint density at radius 1 is 1.07 bits per heavy atom. The van der Waals surface area contributed by atoms with E-state index in [1.807, 2.05) is 54.6 Å². The molecule has 0 saturated carbocycles. The molecule has 1 aliphatic heterocycles. The lowest BCUT2D eigenvalue weighted by Crippen LogP contribution is -2.39. The number of carbonyl (C=O) groups is 1. The second kappa shape index (κ2) is 8.78. The zero-order chi connectivity index (χ0) is 19.2. The number of nitrogens with zero attached hydrogens (tertiary/aromatic N) is 2. The van der Waals surface area contributed by atoms with Crippen LogP contribution in [0.2, 0.25) is 0 Å². The van der Waals surface area contributed by atoms with Gasteiger partial charge in [-0.15, -0.1) is 0 Å². The van der Waals surface area contributed by atoms with Crippen LogP contribution >= 0.6 is 0 Å². The van der Waals surface area contributed by atoms with Crippen LogP contribution in [0.3, 0.4) is 0 Å². The average Bonchev–Trinajstić information content (AvgIpc) is 3.16. The third-order valence-corrected chi connectivity index (χ3v) is 5.19. The molecule has 6 heteroatoms. The summed E-state index contributed by atoms with van der Waals surface area (Å²) in [4.78, 5) is 14.0. The van der Waals surface area contributed by atoms with E-state index in [1.54, 1.807) is 4.90 Å². The van der Waals surface area contributed by atoms with Gasteiger partial charge in [0, 0.05) is 13.1 Å². The van der Waals surface area contributed by atoms with Crippen molar-refractivity contribution in [2.75, 3.05) is 19.7 Å². The van der Waals surface area contributed by atoms with Gasteiger partial charge in [-0.3, -0.25) is 0 Å². The molecule has 146 valence electrons. The minimum absolute atomic E-state index is 0.229. The van der Waals surface area contributed by atoms with E-state index in [2.05, 4.69) is 5.16 Å². The van der Waals surface area contributed by atoms with Crippen LogP contribution in [0, 0.1) is 5.92 Å². The van der Waals surface area contributed by atoms with E-state index < -0.39 is 0 Å². The van der Waals surface area contributed by atoms with Crippen molar-refractivity contribution in [3.05, 3.63) is 60.2 Å². The molecule has 1 saturated heterocycles. The first-order valence-corrected chi connectivity index (χ1v) is 9.72. The quantitative estimate of drug-likeness (QED) is 0.623. The number of benzene rings is 2. The van der Waals surface area contributed by atoms with Crippen molar-refractivity contribution in [1.82, 2.24) is 10.1 Å². The van der Waals surface area contributed by atoms with Crippen LogP contribution in [0.25, 0.3) is 11.0 Å². The first-order valence-electron chi connectivity index (χ1n) is 9.72. The molecule has 0 unspecified atom stereocenters. The summed E-state index contributed by atoms with van der Waals surface area (Å²) in [5.74, 6) is 1.09. The highest BCUT2D eigenvalue weighted by Gasteiger charge is 2.24. The summed E-state index contributed by atoms with van der Waals surface area (Å²) in [7, 11) is 0. The van der Waals surface area contributed by atoms with Gasteiger partial charge in [-0.05, 0) is 48.0 Å². The number of para-hydroxylation sites is 1. The lowest BCUT2D eigenvalue weighted by atomic mass is 9.94. The maximum Gasteiger partial charge on any atom is 0.410 e. The third kappa shape index (κ3) is 4.44. The second-order valence-electron chi connectivity index (χ2n) is 7.09. The van der Waals surface area contributed by atoms with Crippen molar-refractivity contribution >= 4 is 17.1 Å². The van der Waals surface area contributed by atoms with Gasteiger partial charge in [0.05, 0.1) is 12.0 Å². The monoisotopic (exact) mass is 380 g/mol. The number of carbonyl (C=O) groups excluding carboxylic acids is 1. The van der Waals surface area contributed by atoms with Gasteiger partial charge in [0.2, 0.25) is 0 Å². The Morgan fingerprint density at radius 3 is 2.64 bits per heavy atom. The van der Waals surface area contributed by atoms with Crippen LogP contribution in [0.4, 0.5) is 4.79 Å². The Labute approximate surface area is 164 Å². The van der Waals surface area contributed by atoms with E-state index in [4.69, 9.17) is 14.0 Å². The smallest absolute Gasteiger partial charge is 0.410 e. The second-order valence-corrected chi connectivity index (χ2v) is 7.09. The van der Waals surface area contributed by atoms with Crippen LogP contribution in [0.15, 0.2) is 59.1 Å². The normalized spacial score (nSPS) is 14.9. The number of likely N-dealkylation sites (tertiary alicyclic amines) is 1. The fourth-order valence-electron chi connectivity index (χ4n) is 3.50. The Morgan fingerprint density at radius 2 is 1.82 bits per heavy atom. The molecule has 1 aliphatic rings. The molecular formula is C22H24N2O4. The zero-order valence-electron chi connectivity index (χ0n) is 15.8. The lowest BCUT2D eigenvalue weighted by Gasteiger charge is -2.31. The number of aromatic nitrogens is 1. The molecule has 2 aromatic carbocycles. The number of fused-ring (bicyclic) bond motifs is 1. The van der Waals surface area contributed by atoms with E-state index in [9.17, 15) is 4.79 Å². The first kappa shape index (κ1) is 18.3. The van der Waals surface area contributed by atoms with E-state index in [1.165, 1.54) is 0 Å². The van der Waals surface area contributed by atoms with Crippen LogP contribution in [-0.4, -0.2) is 35.8 Å². The molecule has 1 aromatic heterocycles. The van der Waals surface area contributed by atoms with Crippen molar-refractivity contribution in [3.63, 3.8) is 0 Å².